The Balaban J connectivity index is 1.51. The molecule has 3 aliphatic heterocycles. The highest BCUT2D eigenvalue weighted by molar-refractivity contribution is 6.01. The zero-order chi connectivity index (χ0) is 22.9. The van der Waals surface area contributed by atoms with Gasteiger partial charge in [-0.05, 0) is 49.5 Å². The maximum atomic E-state index is 14.1. The molecule has 0 aromatic heterocycles. The molecule has 3 saturated heterocycles. The van der Waals surface area contributed by atoms with Crippen LogP contribution < -0.4 is 0 Å². The van der Waals surface area contributed by atoms with Crippen molar-refractivity contribution in [2.24, 2.45) is 39.4 Å². The van der Waals surface area contributed by atoms with Gasteiger partial charge in [0.15, 0.2) is 11.9 Å². The van der Waals surface area contributed by atoms with E-state index in [1.165, 1.54) is 0 Å². The molecule has 7 unspecified atom stereocenters. The SMILES string of the molecule is CC1(C)C=CC(=O)[C@@]2(C)C1CC(=O)[C@]1(C)C2CCC2(C)C(C3CCOC3)OC(=O)C3OC321. The Morgan fingerprint density at radius 1 is 1.00 bits per heavy atom. The van der Waals surface area contributed by atoms with E-state index in [2.05, 4.69) is 27.7 Å². The van der Waals surface area contributed by atoms with Crippen LogP contribution in [0.5, 0.6) is 0 Å². The number of ketones is 2. The number of Topliss-reactive ketones (excluding diaryl/α,β-unsaturated/α-hetero) is 1. The van der Waals surface area contributed by atoms with Crippen LogP contribution in [0.15, 0.2) is 12.2 Å². The molecule has 3 heterocycles. The van der Waals surface area contributed by atoms with Gasteiger partial charge in [-0.3, -0.25) is 9.59 Å². The van der Waals surface area contributed by atoms with Crippen molar-refractivity contribution in [1.29, 1.82) is 0 Å². The normalized spacial score (nSPS) is 55.4. The molecule has 0 amide bonds. The monoisotopic (exact) mass is 442 g/mol. The van der Waals surface area contributed by atoms with E-state index < -0.39 is 27.9 Å². The van der Waals surface area contributed by atoms with Crippen LogP contribution in [0.2, 0.25) is 0 Å². The minimum Gasteiger partial charge on any atom is -0.459 e. The number of esters is 1. The zero-order valence-electron chi connectivity index (χ0n) is 19.7. The first-order chi connectivity index (χ1) is 14.9. The van der Waals surface area contributed by atoms with Crippen molar-refractivity contribution in [3.8, 4) is 0 Å². The van der Waals surface area contributed by atoms with Crippen LogP contribution in [-0.2, 0) is 28.6 Å². The first-order valence-corrected chi connectivity index (χ1v) is 12.2. The van der Waals surface area contributed by atoms with Crippen LogP contribution in [0.4, 0.5) is 0 Å². The highest BCUT2D eigenvalue weighted by atomic mass is 16.7. The van der Waals surface area contributed by atoms with Gasteiger partial charge in [-0.1, -0.05) is 33.8 Å². The van der Waals surface area contributed by atoms with E-state index in [0.29, 0.717) is 19.6 Å². The fourth-order valence-corrected chi connectivity index (χ4v) is 9.16. The average molecular weight is 443 g/mol. The van der Waals surface area contributed by atoms with E-state index in [9.17, 15) is 14.4 Å². The highest BCUT2D eigenvalue weighted by Gasteiger charge is 2.88. The predicted molar refractivity (Wildman–Crippen MR) is 114 cm³/mol. The summed E-state index contributed by atoms with van der Waals surface area (Å²) in [7, 11) is 0. The molecule has 2 saturated carbocycles. The number of hydrogen-bond donors (Lipinski definition) is 0. The lowest BCUT2D eigenvalue weighted by atomic mass is 9.35. The number of ether oxygens (including phenoxy) is 3. The Morgan fingerprint density at radius 3 is 2.44 bits per heavy atom. The van der Waals surface area contributed by atoms with E-state index in [-0.39, 0.29) is 46.8 Å². The van der Waals surface area contributed by atoms with E-state index in [0.717, 1.165) is 19.3 Å². The molecular weight excluding hydrogens is 408 g/mol. The minimum absolute atomic E-state index is 0.0504. The van der Waals surface area contributed by atoms with Gasteiger partial charge in [0, 0.05) is 29.8 Å². The van der Waals surface area contributed by atoms with E-state index >= 15 is 0 Å². The molecule has 174 valence electrons. The van der Waals surface area contributed by atoms with Gasteiger partial charge in [-0.25, -0.2) is 4.79 Å². The van der Waals surface area contributed by atoms with E-state index in [1.54, 1.807) is 6.08 Å². The number of allylic oxidation sites excluding steroid dienone is 2. The Labute approximate surface area is 189 Å². The first kappa shape index (κ1) is 21.0. The Morgan fingerprint density at radius 2 is 1.75 bits per heavy atom. The number of carbonyl (C=O) groups excluding carboxylic acids is 3. The number of epoxide rings is 1. The summed E-state index contributed by atoms with van der Waals surface area (Å²) in [6.07, 6.45) is 5.37. The number of cyclic esters (lactones) is 1. The second kappa shape index (κ2) is 5.93. The van der Waals surface area contributed by atoms with Crippen molar-refractivity contribution in [2.45, 2.75) is 78.1 Å². The third-order valence-corrected chi connectivity index (χ3v) is 10.9. The summed E-state index contributed by atoms with van der Waals surface area (Å²) < 4.78 is 18.0. The third kappa shape index (κ3) is 2.05. The summed E-state index contributed by atoms with van der Waals surface area (Å²) in [5, 5.41) is 0. The molecule has 32 heavy (non-hydrogen) atoms. The standard InChI is InChI=1S/C26H34O6/c1-22(2)9-7-17(27)24(4)15-6-10-23(3)19(14-8-11-30-13-14)31-21(29)20-26(23,32-20)25(15,5)18(28)12-16(22)24/h7,9,14-16,19-20H,6,8,10-13H2,1-5H3/t14?,15?,16?,19?,20?,23?,24-,25+,26?/m1/s1. The maximum Gasteiger partial charge on any atom is 0.338 e. The number of rotatable bonds is 1. The van der Waals surface area contributed by atoms with Gasteiger partial charge in [-0.2, -0.15) is 0 Å². The van der Waals surface area contributed by atoms with Crippen molar-refractivity contribution < 1.29 is 28.6 Å². The number of carbonyl (C=O) groups is 3. The summed E-state index contributed by atoms with van der Waals surface area (Å²) in [4.78, 5) is 40.7. The van der Waals surface area contributed by atoms with Gasteiger partial charge in [0.05, 0.1) is 12.0 Å². The molecule has 6 rings (SSSR count). The Kier molecular flexibility index (Phi) is 3.90. The quantitative estimate of drug-likeness (QED) is 0.458. The fourth-order valence-electron chi connectivity index (χ4n) is 9.16. The molecular formula is C26H34O6. The van der Waals surface area contributed by atoms with Crippen molar-refractivity contribution in [1.82, 2.24) is 0 Å². The largest absolute Gasteiger partial charge is 0.459 e. The molecule has 0 aromatic rings. The third-order valence-electron chi connectivity index (χ3n) is 10.9. The van der Waals surface area contributed by atoms with Crippen LogP contribution >= 0.6 is 0 Å². The van der Waals surface area contributed by atoms with Crippen molar-refractivity contribution in [3.05, 3.63) is 12.2 Å². The average Bonchev–Trinajstić information content (AvgIpc) is 3.30. The summed E-state index contributed by atoms with van der Waals surface area (Å²) in [5.74, 6) is -0.191. The molecule has 0 N–H and O–H groups in total. The van der Waals surface area contributed by atoms with Crippen LogP contribution in [0.3, 0.4) is 0 Å². The number of fused-ring (bicyclic) bond motifs is 3. The van der Waals surface area contributed by atoms with Crippen LogP contribution in [-0.4, -0.2) is 48.6 Å². The van der Waals surface area contributed by atoms with Crippen LogP contribution in [0.25, 0.3) is 0 Å². The molecule has 0 aromatic carbocycles. The van der Waals surface area contributed by atoms with Crippen molar-refractivity contribution in [3.63, 3.8) is 0 Å². The van der Waals surface area contributed by atoms with Crippen molar-refractivity contribution >= 4 is 17.5 Å². The highest BCUT2D eigenvalue weighted by Crippen LogP contribution is 2.77. The lowest BCUT2D eigenvalue weighted by Gasteiger charge is -2.66. The summed E-state index contributed by atoms with van der Waals surface area (Å²) in [6.45, 7) is 11.7. The van der Waals surface area contributed by atoms with Gasteiger partial charge in [0.25, 0.3) is 0 Å². The van der Waals surface area contributed by atoms with Gasteiger partial charge in [0.2, 0.25) is 0 Å². The molecule has 6 heteroatoms. The second-order valence-electron chi connectivity index (χ2n) is 12.4. The fraction of sp³-hybridized carbons (Fsp3) is 0.808. The molecule has 0 radical (unpaired) electrons. The van der Waals surface area contributed by atoms with Crippen molar-refractivity contribution in [2.75, 3.05) is 13.2 Å². The molecule has 9 atom stereocenters. The molecule has 0 bridgehead atoms. The lowest BCUT2D eigenvalue weighted by molar-refractivity contribution is -0.218. The molecule has 1 spiro atoms. The molecule has 6 nitrogen and oxygen atoms in total. The second-order valence-corrected chi connectivity index (χ2v) is 12.4. The molecule has 3 aliphatic carbocycles. The Hall–Kier alpha value is -1.53. The Bertz CT molecular complexity index is 961. The van der Waals surface area contributed by atoms with E-state index in [4.69, 9.17) is 14.2 Å². The smallest absolute Gasteiger partial charge is 0.338 e. The first-order valence-electron chi connectivity index (χ1n) is 12.2. The maximum absolute atomic E-state index is 14.1. The molecule has 5 fully saturated rings. The summed E-state index contributed by atoms with van der Waals surface area (Å²) in [6, 6.07) is 0. The van der Waals surface area contributed by atoms with Gasteiger partial charge < -0.3 is 14.2 Å². The topological polar surface area (TPSA) is 82.2 Å². The predicted octanol–water partition coefficient (Wildman–Crippen LogP) is 3.27. The summed E-state index contributed by atoms with van der Waals surface area (Å²) in [5.41, 5.74) is -3.17. The zero-order valence-corrected chi connectivity index (χ0v) is 19.7. The number of hydrogen-bond acceptors (Lipinski definition) is 6. The van der Waals surface area contributed by atoms with Gasteiger partial charge in [0.1, 0.15) is 17.5 Å². The minimum atomic E-state index is -0.901. The molecule has 6 aliphatic rings. The summed E-state index contributed by atoms with van der Waals surface area (Å²) >= 11 is 0. The van der Waals surface area contributed by atoms with Crippen LogP contribution in [0.1, 0.15) is 60.3 Å². The lowest BCUT2D eigenvalue weighted by Crippen LogP contribution is -2.73. The van der Waals surface area contributed by atoms with Gasteiger partial charge in [-0.15, -0.1) is 0 Å². The van der Waals surface area contributed by atoms with Crippen LogP contribution in [0, 0.1) is 39.4 Å². The van der Waals surface area contributed by atoms with Gasteiger partial charge >= 0.3 is 5.97 Å². The van der Waals surface area contributed by atoms with E-state index in [1.807, 2.05) is 13.0 Å².